The van der Waals surface area contributed by atoms with E-state index in [1.54, 1.807) is 12.1 Å². The van der Waals surface area contributed by atoms with E-state index in [4.69, 9.17) is 0 Å². The van der Waals surface area contributed by atoms with E-state index in [-0.39, 0.29) is 17.9 Å². The molecule has 2 amide bonds. The number of rotatable bonds is 4. The van der Waals surface area contributed by atoms with E-state index >= 15 is 0 Å². The number of carbonyl (C=O) groups is 1. The maximum Gasteiger partial charge on any atom is 0.319 e. The molecule has 0 aliphatic carbocycles. The van der Waals surface area contributed by atoms with Crippen LogP contribution in [0.1, 0.15) is 25.7 Å². The third-order valence-electron chi connectivity index (χ3n) is 5.00. The number of piperidine rings is 2. The molecule has 1 aromatic carbocycles. The lowest BCUT2D eigenvalue weighted by Crippen LogP contribution is -2.47. The molecule has 0 saturated carbocycles. The first-order valence-electron chi connectivity index (χ1n) is 8.95. The molecular weight excluding hydrogens is 307 g/mol. The predicted molar refractivity (Wildman–Crippen MR) is 93.6 cm³/mol. The van der Waals surface area contributed by atoms with Crippen molar-refractivity contribution in [2.24, 2.45) is 5.92 Å². The minimum Gasteiger partial charge on any atom is -0.335 e. The molecule has 2 aliphatic heterocycles. The maximum atomic E-state index is 12.9. The summed E-state index contributed by atoms with van der Waals surface area (Å²) in [4.78, 5) is 14.6. The number of anilines is 1. The Morgan fingerprint density at radius 1 is 1.12 bits per heavy atom. The molecule has 2 heterocycles. The molecule has 3 rings (SSSR count). The number of hydrogen-bond donors (Lipinski definition) is 3. The minimum absolute atomic E-state index is 0.210. The van der Waals surface area contributed by atoms with Gasteiger partial charge in [0, 0.05) is 31.4 Å². The lowest BCUT2D eigenvalue weighted by Gasteiger charge is -2.35. The number of nitrogens with one attached hydrogen (secondary N) is 3. The number of nitrogens with zero attached hydrogens (tertiary/aromatic N) is 1. The van der Waals surface area contributed by atoms with Gasteiger partial charge in [0.2, 0.25) is 0 Å². The summed E-state index contributed by atoms with van der Waals surface area (Å²) < 4.78 is 12.9. The maximum absolute atomic E-state index is 12.9. The smallest absolute Gasteiger partial charge is 0.319 e. The number of benzene rings is 1. The molecule has 0 aromatic heterocycles. The van der Waals surface area contributed by atoms with Crippen LogP contribution in [0.5, 0.6) is 0 Å². The fourth-order valence-corrected chi connectivity index (χ4v) is 3.58. The first-order chi connectivity index (χ1) is 11.7. The van der Waals surface area contributed by atoms with Gasteiger partial charge in [-0.1, -0.05) is 0 Å². The van der Waals surface area contributed by atoms with Crippen molar-refractivity contribution in [2.75, 3.05) is 38.0 Å². The van der Waals surface area contributed by atoms with Gasteiger partial charge in [0.05, 0.1) is 0 Å². The van der Waals surface area contributed by atoms with Crippen LogP contribution in [0.3, 0.4) is 0 Å². The van der Waals surface area contributed by atoms with Gasteiger partial charge in [-0.05, 0) is 69.0 Å². The first kappa shape index (κ1) is 17.2. The van der Waals surface area contributed by atoms with Gasteiger partial charge in [-0.3, -0.25) is 0 Å². The molecule has 2 saturated heterocycles. The van der Waals surface area contributed by atoms with Crippen molar-refractivity contribution in [3.63, 3.8) is 0 Å². The molecule has 3 N–H and O–H groups in total. The van der Waals surface area contributed by atoms with Gasteiger partial charge in [0.1, 0.15) is 5.82 Å². The molecule has 24 heavy (non-hydrogen) atoms. The molecule has 0 bridgehead atoms. The van der Waals surface area contributed by atoms with Gasteiger partial charge < -0.3 is 20.9 Å². The van der Waals surface area contributed by atoms with Crippen LogP contribution in [-0.2, 0) is 0 Å². The van der Waals surface area contributed by atoms with Crippen molar-refractivity contribution in [2.45, 2.75) is 31.7 Å². The van der Waals surface area contributed by atoms with E-state index in [9.17, 15) is 9.18 Å². The van der Waals surface area contributed by atoms with Crippen LogP contribution in [0.15, 0.2) is 24.3 Å². The summed E-state index contributed by atoms with van der Waals surface area (Å²) in [5.41, 5.74) is 0.609. The lowest BCUT2D eigenvalue weighted by molar-refractivity contribution is 0.159. The Morgan fingerprint density at radius 2 is 1.79 bits per heavy atom. The van der Waals surface area contributed by atoms with Crippen molar-refractivity contribution >= 4 is 11.7 Å². The van der Waals surface area contributed by atoms with Gasteiger partial charge in [-0.15, -0.1) is 0 Å². The molecule has 2 aliphatic rings. The van der Waals surface area contributed by atoms with E-state index < -0.39 is 0 Å². The minimum atomic E-state index is -0.304. The number of halogens is 1. The highest BCUT2D eigenvalue weighted by molar-refractivity contribution is 5.89. The Morgan fingerprint density at radius 3 is 2.46 bits per heavy atom. The number of likely N-dealkylation sites (tertiary alicyclic amines) is 1. The highest BCUT2D eigenvalue weighted by Gasteiger charge is 2.23. The van der Waals surface area contributed by atoms with E-state index in [0.717, 1.165) is 44.9 Å². The second kappa shape index (κ2) is 8.44. The first-order valence-corrected chi connectivity index (χ1v) is 8.95. The normalized spacial score (nSPS) is 20.7. The summed E-state index contributed by atoms with van der Waals surface area (Å²) >= 11 is 0. The van der Waals surface area contributed by atoms with Gasteiger partial charge >= 0.3 is 6.03 Å². The van der Waals surface area contributed by atoms with Gasteiger partial charge in [-0.25, -0.2) is 9.18 Å². The highest BCUT2D eigenvalue weighted by atomic mass is 19.1. The zero-order valence-electron chi connectivity index (χ0n) is 14.1. The molecule has 2 fully saturated rings. The van der Waals surface area contributed by atoms with Crippen LogP contribution < -0.4 is 16.0 Å². The van der Waals surface area contributed by atoms with Gasteiger partial charge in [0.25, 0.3) is 0 Å². The second-order valence-corrected chi connectivity index (χ2v) is 6.87. The fourth-order valence-electron chi connectivity index (χ4n) is 3.58. The Kier molecular flexibility index (Phi) is 6.04. The fraction of sp³-hybridized carbons (Fsp3) is 0.611. The Bertz CT molecular complexity index is 522. The monoisotopic (exact) mass is 334 g/mol. The molecule has 1 aromatic rings. The predicted octanol–water partition coefficient (Wildman–Crippen LogP) is 2.41. The molecule has 132 valence electrons. The third kappa shape index (κ3) is 5.18. The largest absolute Gasteiger partial charge is 0.335 e. The summed E-state index contributed by atoms with van der Waals surface area (Å²) in [6, 6.07) is 5.82. The van der Waals surface area contributed by atoms with Crippen LogP contribution in [-0.4, -0.2) is 49.7 Å². The molecule has 0 radical (unpaired) electrons. The average molecular weight is 334 g/mol. The van der Waals surface area contributed by atoms with Crippen molar-refractivity contribution in [1.29, 1.82) is 0 Å². The number of carbonyl (C=O) groups excluding carboxylic acids is 1. The highest BCUT2D eigenvalue weighted by Crippen LogP contribution is 2.17. The molecule has 0 unspecified atom stereocenters. The topological polar surface area (TPSA) is 56.4 Å². The SMILES string of the molecule is O=C(Nc1ccc(F)cc1)NC1CCN(CC2CCNCC2)CC1. The second-order valence-electron chi connectivity index (χ2n) is 6.87. The summed E-state index contributed by atoms with van der Waals surface area (Å²) in [5.74, 6) is 0.514. The number of hydrogen-bond acceptors (Lipinski definition) is 3. The summed E-state index contributed by atoms with van der Waals surface area (Å²) in [6.45, 7) is 5.57. The van der Waals surface area contributed by atoms with E-state index in [0.29, 0.717) is 5.69 Å². The standard InChI is InChI=1S/C18H27FN4O/c19-15-1-3-16(4-2-15)21-18(24)22-17-7-11-23(12-8-17)13-14-5-9-20-10-6-14/h1-4,14,17,20H,5-13H2,(H2,21,22,24). The average Bonchev–Trinajstić information content (AvgIpc) is 2.60. The Labute approximate surface area is 143 Å². The molecular formula is C18H27FN4O. The zero-order valence-corrected chi connectivity index (χ0v) is 14.1. The quantitative estimate of drug-likeness (QED) is 0.793. The van der Waals surface area contributed by atoms with Crippen molar-refractivity contribution < 1.29 is 9.18 Å². The summed E-state index contributed by atoms with van der Waals surface area (Å²) in [7, 11) is 0. The van der Waals surface area contributed by atoms with Crippen LogP contribution in [0.25, 0.3) is 0 Å². The summed E-state index contributed by atoms with van der Waals surface area (Å²) in [6.07, 6.45) is 4.53. The van der Waals surface area contributed by atoms with Crippen LogP contribution in [0, 0.1) is 11.7 Å². The molecule has 5 nitrogen and oxygen atoms in total. The van der Waals surface area contributed by atoms with Crippen LogP contribution in [0.2, 0.25) is 0 Å². The van der Waals surface area contributed by atoms with E-state index in [1.807, 2.05) is 0 Å². The van der Waals surface area contributed by atoms with Crippen molar-refractivity contribution in [3.05, 3.63) is 30.1 Å². The van der Waals surface area contributed by atoms with Crippen LogP contribution >= 0.6 is 0 Å². The number of amides is 2. The molecule has 6 heteroatoms. The van der Waals surface area contributed by atoms with Crippen molar-refractivity contribution in [1.82, 2.24) is 15.5 Å². The lowest BCUT2D eigenvalue weighted by atomic mass is 9.96. The molecule has 0 atom stereocenters. The third-order valence-corrected chi connectivity index (χ3v) is 5.00. The molecule has 0 spiro atoms. The Hall–Kier alpha value is -1.66. The van der Waals surface area contributed by atoms with Crippen molar-refractivity contribution in [3.8, 4) is 0 Å². The zero-order chi connectivity index (χ0) is 16.8. The van der Waals surface area contributed by atoms with E-state index in [2.05, 4.69) is 20.9 Å². The van der Waals surface area contributed by atoms with Crippen LogP contribution in [0.4, 0.5) is 14.9 Å². The van der Waals surface area contributed by atoms with Gasteiger partial charge in [-0.2, -0.15) is 0 Å². The van der Waals surface area contributed by atoms with Gasteiger partial charge in [0.15, 0.2) is 0 Å². The summed E-state index contributed by atoms with van der Waals surface area (Å²) in [5, 5.41) is 9.19. The Balaban J connectivity index is 1.37. The number of urea groups is 1. The van der Waals surface area contributed by atoms with E-state index in [1.165, 1.54) is 31.5 Å².